The zero-order valence-electron chi connectivity index (χ0n) is 41.4. The van der Waals surface area contributed by atoms with Crippen LogP contribution >= 0.6 is 0 Å². The van der Waals surface area contributed by atoms with Gasteiger partial charge in [-0.3, -0.25) is 19.2 Å². The number of hydrogen-bond acceptors (Lipinski definition) is 6. The smallest absolute Gasteiger partial charge is 0.246 e. The molecule has 3 fully saturated rings. The third kappa shape index (κ3) is 13.9. The van der Waals surface area contributed by atoms with Crippen molar-refractivity contribution in [2.24, 2.45) is 58.2 Å². The van der Waals surface area contributed by atoms with Crippen LogP contribution in [-0.2, 0) is 30.5 Å². The minimum Gasteiger partial charge on any atom is -0.392 e. The number of benzene rings is 1. The van der Waals surface area contributed by atoms with Gasteiger partial charge in [0.25, 0.3) is 0 Å². The van der Waals surface area contributed by atoms with E-state index >= 15 is 0 Å². The Morgan fingerprint density at radius 2 is 1.47 bits per heavy atom. The van der Waals surface area contributed by atoms with Crippen molar-refractivity contribution < 1.29 is 29.0 Å². The van der Waals surface area contributed by atoms with Crippen molar-refractivity contribution in [1.82, 2.24) is 16.0 Å². The molecule has 5 N–H and O–H groups in total. The fourth-order valence-corrected chi connectivity index (χ4v) is 12.6. The van der Waals surface area contributed by atoms with E-state index < -0.39 is 18.0 Å². The van der Waals surface area contributed by atoms with Crippen molar-refractivity contribution >= 4 is 29.3 Å². The molecule has 64 heavy (non-hydrogen) atoms. The van der Waals surface area contributed by atoms with Crippen LogP contribution in [0.3, 0.4) is 0 Å². The number of nitrogens with one attached hydrogen (secondary N) is 4. The maximum absolute atomic E-state index is 13.6. The predicted octanol–water partition coefficient (Wildman–Crippen LogP) is 10.3. The summed E-state index contributed by atoms with van der Waals surface area (Å²) in [5.41, 5.74) is 3.74. The Morgan fingerprint density at radius 1 is 0.750 bits per heavy atom. The molecular weight excluding hydrogens is 801 g/mol. The molecule has 4 aliphatic rings. The number of allylic oxidation sites excluding steroid dienone is 1. The average molecular weight is 889 g/mol. The molecule has 4 amide bonds. The van der Waals surface area contributed by atoms with Gasteiger partial charge in [0, 0.05) is 31.7 Å². The molecule has 0 aliphatic heterocycles. The fraction of sp³-hybridized carbons (Fsp3) is 0.778. The van der Waals surface area contributed by atoms with E-state index in [1.54, 1.807) is 29.8 Å². The fourth-order valence-electron chi connectivity index (χ4n) is 12.6. The van der Waals surface area contributed by atoms with E-state index in [9.17, 15) is 24.3 Å². The first-order valence-corrected chi connectivity index (χ1v) is 25.6. The normalized spacial score (nSPS) is 27.8. The summed E-state index contributed by atoms with van der Waals surface area (Å²) in [6.07, 6.45) is 19.4. The molecule has 0 saturated heterocycles. The highest BCUT2D eigenvalue weighted by Gasteiger charge is 2.59. The van der Waals surface area contributed by atoms with Gasteiger partial charge in [0.15, 0.2) is 0 Å². The average Bonchev–Trinajstić information content (AvgIpc) is 3.61. The molecule has 1 aromatic rings. The molecule has 4 aliphatic carbocycles. The maximum atomic E-state index is 13.6. The highest BCUT2D eigenvalue weighted by molar-refractivity contribution is 5.98. The standard InChI is InChI=1S/C54H88N4O6/c1-35(2)12-10-13-38(7)44-21-22-45-43-20-17-40-33-42(26-28-53(40,8)46(43)27-29-54(44,45)9)64-31-11-30-55-49(60)24-25-50(61)57-47(23-14-36(3)4)51(62)58-48(32-37(5)6)52(63)56-41-18-15-39(34-59)16-19-41/h15-19,35-38,42-48,59H,10-14,20-34H2,1-9H3,(H,55,60)(H,56,63)(H,57,61)(H,58,62)/t38-,42+,43+,44-,45+,46+,47+,48+,53+,54-/m1/s1. The molecule has 10 atom stereocenters. The van der Waals surface area contributed by atoms with E-state index in [4.69, 9.17) is 4.74 Å². The summed E-state index contributed by atoms with van der Waals surface area (Å²) in [5.74, 6) is 4.11. The second-order valence-corrected chi connectivity index (χ2v) is 22.4. The van der Waals surface area contributed by atoms with Crippen LogP contribution in [0.4, 0.5) is 5.69 Å². The van der Waals surface area contributed by atoms with Crippen LogP contribution in [0.1, 0.15) is 177 Å². The maximum Gasteiger partial charge on any atom is 0.246 e. The van der Waals surface area contributed by atoms with Crippen LogP contribution in [0.15, 0.2) is 35.9 Å². The topological polar surface area (TPSA) is 146 Å². The van der Waals surface area contributed by atoms with E-state index in [1.165, 1.54) is 57.8 Å². The molecule has 5 rings (SSSR count). The minimum absolute atomic E-state index is 0.0220. The summed E-state index contributed by atoms with van der Waals surface area (Å²) in [6, 6.07) is 5.25. The van der Waals surface area contributed by atoms with Gasteiger partial charge in [0.2, 0.25) is 23.6 Å². The lowest BCUT2D eigenvalue weighted by Crippen LogP contribution is -2.53. The molecule has 0 bridgehead atoms. The van der Waals surface area contributed by atoms with E-state index in [1.807, 2.05) is 13.8 Å². The number of aliphatic hydroxyl groups excluding tert-OH is 1. The molecule has 10 heteroatoms. The summed E-state index contributed by atoms with van der Waals surface area (Å²) in [4.78, 5) is 52.8. The number of carbonyl (C=O) groups excluding carboxylic acids is 4. The summed E-state index contributed by atoms with van der Waals surface area (Å²) < 4.78 is 6.45. The van der Waals surface area contributed by atoms with Gasteiger partial charge in [-0.1, -0.05) is 105 Å². The number of aliphatic hydroxyl groups is 1. The second kappa shape index (κ2) is 24.0. The monoisotopic (exact) mass is 889 g/mol. The van der Waals surface area contributed by atoms with Crippen molar-refractivity contribution in [2.45, 2.75) is 196 Å². The van der Waals surface area contributed by atoms with Crippen LogP contribution < -0.4 is 21.3 Å². The van der Waals surface area contributed by atoms with Gasteiger partial charge < -0.3 is 31.1 Å². The predicted molar refractivity (Wildman–Crippen MR) is 258 cm³/mol. The van der Waals surface area contributed by atoms with Crippen molar-refractivity contribution in [3.8, 4) is 0 Å². The SMILES string of the molecule is CC(C)CCC[C@@H](C)[C@H]1CC[C@H]2[C@@H]3CC=C4C[C@@H](OCCCNC(=O)CCC(=O)N[C@@H](CCC(C)C)C(=O)N[C@@H](CC(C)C)C(=O)Nc5ccc(CO)cc5)CC[C@]4(C)[C@H]3CC[C@]12C. The first-order chi connectivity index (χ1) is 30.4. The van der Waals surface area contributed by atoms with Crippen LogP contribution in [0.2, 0.25) is 0 Å². The molecule has 1 aromatic carbocycles. The van der Waals surface area contributed by atoms with Gasteiger partial charge in [-0.2, -0.15) is 0 Å². The molecule has 3 saturated carbocycles. The first-order valence-electron chi connectivity index (χ1n) is 25.6. The van der Waals surface area contributed by atoms with Crippen molar-refractivity contribution in [3.63, 3.8) is 0 Å². The molecule has 0 aromatic heterocycles. The highest BCUT2D eigenvalue weighted by atomic mass is 16.5. The number of ether oxygens (including phenoxy) is 1. The second-order valence-electron chi connectivity index (χ2n) is 22.4. The van der Waals surface area contributed by atoms with Crippen molar-refractivity contribution in [3.05, 3.63) is 41.5 Å². The zero-order chi connectivity index (χ0) is 46.6. The van der Waals surface area contributed by atoms with Crippen molar-refractivity contribution in [1.29, 1.82) is 0 Å². The highest BCUT2D eigenvalue weighted by Crippen LogP contribution is 2.67. The Kier molecular flexibility index (Phi) is 19.4. The largest absolute Gasteiger partial charge is 0.392 e. The lowest BCUT2D eigenvalue weighted by molar-refractivity contribution is -0.132. The summed E-state index contributed by atoms with van der Waals surface area (Å²) >= 11 is 0. The molecule has 10 nitrogen and oxygen atoms in total. The van der Waals surface area contributed by atoms with Crippen LogP contribution in [-0.4, -0.2) is 60.1 Å². The van der Waals surface area contributed by atoms with Gasteiger partial charge in [0.1, 0.15) is 12.1 Å². The Bertz CT molecular complexity index is 1710. The van der Waals surface area contributed by atoms with Crippen molar-refractivity contribution in [2.75, 3.05) is 18.5 Å². The number of fused-ring (bicyclic) bond motifs is 5. The number of amides is 4. The third-order valence-electron chi connectivity index (χ3n) is 16.3. The van der Waals surface area contributed by atoms with E-state index in [-0.39, 0.29) is 49.2 Å². The summed E-state index contributed by atoms with van der Waals surface area (Å²) in [7, 11) is 0. The molecule has 360 valence electrons. The number of rotatable bonds is 24. The van der Waals surface area contributed by atoms with Crippen LogP contribution in [0, 0.1) is 58.2 Å². The van der Waals surface area contributed by atoms with Gasteiger partial charge >= 0.3 is 0 Å². The molecule has 0 heterocycles. The molecule has 0 spiro atoms. The number of anilines is 1. The zero-order valence-corrected chi connectivity index (χ0v) is 41.4. The quantitative estimate of drug-likeness (QED) is 0.0516. The lowest BCUT2D eigenvalue weighted by Gasteiger charge is -2.58. The molecular formula is C54H88N4O6. The van der Waals surface area contributed by atoms with Crippen LogP contribution in [0.5, 0.6) is 0 Å². The number of carbonyl (C=O) groups is 4. The first kappa shape index (κ1) is 51.7. The number of hydrogen-bond donors (Lipinski definition) is 5. The van der Waals surface area contributed by atoms with Gasteiger partial charge in [0.05, 0.1) is 12.7 Å². The van der Waals surface area contributed by atoms with Gasteiger partial charge in [-0.05, 0) is 153 Å². The van der Waals surface area contributed by atoms with E-state index in [2.05, 4.69) is 75.8 Å². The van der Waals surface area contributed by atoms with Gasteiger partial charge in [-0.15, -0.1) is 0 Å². The Balaban J connectivity index is 1.02. The van der Waals surface area contributed by atoms with Gasteiger partial charge in [-0.25, -0.2) is 0 Å². The minimum atomic E-state index is -0.832. The van der Waals surface area contributed by atoms with E-state index in [0.29, 0.717) is 61.3 Å². The lowest BCUT2D eigenvalue weighted by atomic mass is 9.47. The Labute approximate surface area is 387 Å². The molecule has 0 radical (unpaired) electrons. The summed E-state index contributed by atoms with van der Waals surface area (Å²) in [6.45, 7) is 21.6. The Hall–Kier alpha value is -3.24. The third-order valence-corrected chi connectivity index (χ3v) is 16.3. The van der Waals surface area contributed by atoms with E-state index in [0.717, 1.165) is 53.9 Å². The molecule has 0 unspecified atom stereocenters. The Morgan fingerprint density at radius 3 is 2.16 bits per heavy atom. The van der Waals surface area contributed by atoms with Crippen LogP contribution in [0.25, 0.3) is 0 Å². The summed E-state index contributed by atoms with van der Waals surface area (Å²) in [5, 5.41) is 20.9.